The van der Waals surface area contributed by atoms with Crippen LogP contribution in [0.2, 0.25) is 0 Å². The van der Waals surface area contributed by atoms with Crippen molar-refractivity contribution in [1.29, 1.82) is 0 Å². The second kappa shape index (κ2) is 5.62. The fraction of sp³-hybridized carbons (Fsp3) is 0.348. The number of benzene rings is 2. The van der Waals surface area contributed by atoms with Crippen LogP contribution in [0.15, 0.2) is 53.1 Å². The fourth-order valence-corrected chi connectivity index (χ4v) is 5.08. The van der Waals surface area contributed by atoms with E-state index in [1.807, 2.05) is 0 Å². The van der Waals surface area contributed by atoms with Gasteiger partial charge in [-0.2, -0.15) is 4.98 Å². The average Bonchev–Trinajstić information content (AvgIpc) is 3.43. The number of oxazole rings is 1. The van der Waals surface area contributed by atoms with Gasteiger partial charge in [0.2, 0.25) is 0 Å². The van der Waals surface area contributed by atoms with Crippen LogP contribution < -0.4 is 4.90 Å². The van der Waals surface area contributed by atoms with E-state index in [0.29, 0.717) is 0 Å². The zero-order chi connectivity index (χ0) is 18.0. The SMILES string of the molecule is Cn1ccc2cc(-c3ccc4oc(N5CC6CCCC6C5)nc4c3)ccc21. The molecule has 1 aliphatic heterocycles. The lowest BCUT2D eigenvalue weighted by molar-refractivity contribution is 0.494. The standard InChI is InChI=1S/C23H23N3O/c1-25-10-9-17-11-15(5-7-21(17)25)16-6-8-22-20(12-16)24-23(27-22)26-13-18-3-2-4-19(18)14-26/h5-12,18-19H,2-4,13-14H2,1H3. The van der Waals surface area contributed by atoms with E-state index >= 15 is 0 Å². The quantitative estimate of drug-likeness (QED) is 0.493. The third-order valence-electron chi connectivity index (χ3n) is 6.59. The molecule has 136 valence electrons. The number of aryl methyl sites for hydroxylation is 1. The Bertz CT molecular complexity index is 1140. The van der Waals surface area contributed by atoms with Gasteiger partial charge in [-0.3, -0.25) is 0 Å². The molecule has 2 fully saturated rings. The van der Waals surface area contributed by atoms with Gasteiger partial charge in [-0.05, 0) is 66.1 Å². The first-order chi connectivity index (χ1) is 13.2. The Balaban J connectivity index is 1.35. The maximum absolute atomic E-state index is 6.09. The van der Waals surface area contributed by atoms with Crippen molar-refractivity contribution in [1.82, 2.24) is 9.55 Å². The van der Waals surface area contributed by atoms with Gasteiger partial charge < -0.3 is 13.9 Å². The van der Waals surface area contributed by atoms with Crippen LogP contribution in [-0.4, -0.2) is 22.6 Å². The molecule has 4 heteroatoms. The molecule has 1 aliphatic carbocycles. The Morgan fingerprint density at radius 1 is 0.963 bits per heavy atom. The van der Waals surface area contributed by atoms with Gasteiger partial charge in [-0.15, -0.1) is 0 Å². The van der Waals surface area contributed by atoms with Gasteiger partial charge in [0.05, 0.1) is 0 Å². The van der Waals surface area contributed by atoms with Gasteiger partial charge in [-0.25, -0.2) is 0 Å². The molecule has 1 saturated heterocycles. The van der Waals surface area contributed by atoms with Crippen LogP contribution in [0, 0.1) is 11.8 Å². The molecule has 0 bridgehead atoms. The smallest absolute Gasteiger partial charge is 0.298 e. The number of fused-ring (bicyclic) bond motifs is 3. The van der Waals surface area contributed by atoms with Crippen molar-refractivity contribution >= 4 is 28.0 Å². The van der Waals surface area contributed by atoms with E-state index in [9.17, 15) is 0 Å². The van der Waals surface area contributed by atoms with Crippen LogP contribution >= 0.6 is 0 Å². The number of aromatic nitrogens is 2. The number of nitrogens with zero attached hydrogens (tertiary/aromatic N) is 3. The Morgan fingerprint density at radius 3 is 2.59 bits per heavy atom. The van der Waals surface area contributed by atoms with E-state index in [4.69, 9.17) is 9.40 Å². The van der Waals surface area contributed by atoms with E-state index < -0.39 is 0 Å². The summed E-state index contributed by atoms with van der Waals surface area (Å²) in [6.45, 7) is 2.21. The lowest BCUT2D eigenvalue weighted by Crippen LogP contribution is -2.20. The first-order valence-corrected chi connectivity index (χ1v) is 9.95. The zero-order valence-corrected chi connectivity index (χ0v) is 15.6. The summed E-state index contributed by atoms with van der Waals surface area (Å²) in [5.41, 5.74) is 5.49. The molecule has 6 rings (SSSR count). The molecule has 0 N–H and O–H groups in total. The highest BCUT2D eigenvalue weighted by molar-refractivity contribution is 5.88. The highest BCUT2D eigenvalue weighted by Gasteiger charge is 2.37. The third-order valence-corrected chi connectivity index (χ3v) is 6.59. The average molecular weight is 357 g/mol. The molecule has 4 aromatic rings. The number of hydrogen-bond donors (Lipinski definition) is 0. The largest absolute Gasteiger partial charge is 0.423 e. The Hall–Kier alpha value is -2.75. The van der Waals surface area contributed by atoms with Crippen LogP contribution in [0.4, 0.5) is 6.01 Å². The first kappa shape index (κ1) is 15.3. The maximum atomic E-state index is 6.09. The van der Waals surface area contributed by atoms with Crippen molar-refractivity contribution in [2.24, 2.45) is 18.9 Å². The monoisotopic (exact) mass is 357 g/mol. The summed E-state index contributed by atoms with van der Waals surface area (Å²) < 4.78 is 8.24. The molecule has 0 radical (unpaired) electrons. The summed E-state index contributed by atoms with van der Waals surface area (Å²) in [6, 6.07) is 15.9. The summed E-state index contributed by atoms with van der Waals surface area (Å²) >= 11 is 0. The van der Waals surface area contributed by atoms with Gasteiger partial charge in [-0.1, -0.05) is 18.6 Å². The van der Waals surface area contributed by atoms with Crippen LogP contribution in [-0.2, 0) is 7.05 Å². The van der Waals surface area contributed by atoms with Gasteiger partial charge in [0.15, 0.2) is 5.58 Å². The molecule has 2 aromatic heterocycles. The molecule has 3 heterocycles. The van der Waals surface area contributed by atoms with E-state index in [-0.39, 0.29) is 0 Å². The van der Waals surface area contributed by atoms with Crippen molar-refractivity contribution < 1.29 is 4.42 Å². The summed E-state index contributed by atoms with van der Waals surface area (Å²) in [7, 11) is 2.08. The van der Waals surface area contributed by atoms with Crippen LogP contribution in [0.25, 0.3) is 33.1 Å². The second-order valence-electron chi connectivity index (χ2n) is 8.24. The predicted molar refractivity (Wildman–Crippen MR) is 109 cm³/mol. The molecular weight excluding hydrogens is 334 g/mol. The van der Waals surface area contributed by atoms with E-state index in [2.05, 4.69) is 65.2 Å². The number of anilines is 1. The minimum atomic E-state index is 0.801. The van der Waals surface area contributed by atoms with Crippen molar-refractivity contribution in [2.45, 2.75) is 19.3 Å². The van der Waals surface area contributed by atoms with E-state index in [0.717, 1.165) is 42.0 Å². The van der Waals surface area contributed by atoms with Crippen molar-refractivity contribution in [3.05, 3.63) is 48.7 Å². The van der Waals surface area contributed by atoms with Crippen LogP contribution in [0.1, 0.15) is 19.3 Å². The van der Waals surface area contributed by atoms with Crippen molar-refractivity contribution in [3.63, 3.8) is 0 Å². The molecule has 0 spiro atoms. The predicted octanol–water partition coefficient (Wildman–Crippen LogP) is 5.22. The molecule has 27 heavy (non-hydrogen) atoms. The second-order valence-corrected chi connectivity index (χ2v) is 8.24. The third kappa shape index (κ3) is 2.39. The van der Waals surface area contributed by atoms with E-state index in [1.54, 1.807) is 0 Å². The Labute approximate surface area is 158 Å². The summed E-state index contributed by atoms with van der Waals surface area (Å²) in [5.74, 6) is 1.68. The van der Waals surface area contributed by atoms with Crippen LogP contribution in [0.3, 0.4) is 0 Å². The minimum Gasteiger partial charge on any atom is -0.423 e. The molecular formula is C23H23N3O. The molecule has 2 unspecified atom stereocenters. The van der Waals surface area contributed by atoms with Gasteiger partial charge in [0.25, 0.3) is 6.01 Å². The van der Waals surface area contributed by atoms with Crippen molar-refractivity contribution in [2.75, 3.05) is 18.0 Å². The lowest BCUT2D eigenvalue weighted by atomic mass is 10.0. The number of hydrogen-bond acceptors (Lipinski definition) is 3. The summed E-state index contributed by atoms with van der Waals surface area (Å²) in [5, 5.41) is 1.26. The van der Waals surface area contributed by atoms with Gasteiger partial charge in [0.1, 0.15) is 5.52 Å². The normalized spacial score (nSPS) is 22.2. The van der Waals surface area contributed by atoms with Crippen LogP contribution in [0.5, 0.6) is 0 Å². The number of rotatable bonds is 2. The highest BCUT2D eigenvalue weighted by Crippen LogP contribution is 2.40. The van der Waals surface area contributed by atoms with Crippen molar-refractivity contribution in [3.8, 4) is 11.1 Å². The molecule has 2 atom stereocenters. The molecule has 1 saturated carbocycles. The molecule has 0 amide bonds. The van der Waals surface area contributed by atoms with Gasteiger partial charge in [0, 0.05) is 37.2 Å². The van der Waals surface area contributed by atoms with E-state index in [1.165, 1.54) is 41.3 Å². The maximum Gasteiger partial charge on any atom is 0.298 e. The first-order valence-electron chi connectivity index (χ1n) is 9.95. The molecule has 2 aliphatic rings. The highest BCUT2D eigenvalue weighted by atomic mass is 16.4. The Morgan fingerprint density at radius 2 is 1.74 bits per heavy atom. The zero-order valence-electron chi connectivity index (χ0n) is 15.6. The van der Waals surface area contributed by atoms with Gasteiger partial charge >= 0.3 is 0 Å². The fourth-order valence-electron chi connectivity index (χ4n) is 5.08. The minimum absolute atomic E-state index is 0.801. The molecule has 4 nitrogen and oxygen atoms in total. The Kier molecular flexibility index (Phi) is 3.19. The lowest BCUT2D eigenvalue weighted by Gasteiger charge is -2.13. The molecule has 2 aromatic carbocycles. The summed E-state index contributed by atoms with van der Waals surface area (Å²) in [6.07, 6.45) is 6.24. The topological polar surface area (TPSA) is 34.2 Å². The summed E-state index contributed by atoms with van der Waals surface area (Å²) in [4.78, 5) is 7.18.